The predicted octanol–water partition coefficient (Wildman–Crippen LogP) is 5.10. The smallest absolute Gasteiger partial charge is 0.320 e. The summed E-state index contributed by atoms with van der Waals surface area (Å²) in [4.78, 5) is 21.8. The third-order valence-electron chi connectivity index (χ3n) is 8.86. The van der Waals surface area contributed by atoms with Gasteiger partial charge in [0, 0.05) is 49.8 Å². The highest BCUT2D eigenvalue weighted by molar-refractivity contribution is 6.32. The summed E-state index contributed by atoms with van der Waals surface area (Å²) < 4.78 is 21.7. The van der Waals surface area contributed by atoms with Crippen molar-refractivity contribution in [2.24, 2.45) is 17.3 Å². The summed E-state index contributed by atoms with van der Waals surface area (Å²) in [7, 11) is 0. The number of halogens is 2. The summed E-state index contributed by atoms with van der Waals surface area (Å²) in [5.41, 5.74) is 1.59. The monoisotopic (exact) mass is 484 g/mol. The maximum atomic E-state index is 13.3. The van der Waals surface area contributed by atoms with Gasteiger partial charge in [-0.1, -0.05) is 11.6 Å². The Morgan fingerprint density at radius 2 is 1.85 bits per heavy atom. The van der Waals surface area contributed by atoms with Crippen LogP contribution in [0.2, 0.25) is 5.02 Å². The maximum absolute atomic E-state index is 13.3. The summed E-state index contributed by atoms with van der Waals surface area (Å²) in [6, 6.07) is 5.03. The fourth-order valence-corrected chi connectivity index (χ4v) is 7.11. The molecule has 3 saturated carbocycles. The van der Waals surface area contributed by atoms with E-state index in [2.05, 4.69) is 20.6 Å². The highest BCUT2D eigenvalue weighted by Gasteiger charge is 2.55. The SMILES string of the molecule is O=C(N1C[C@H]2CC(Oc3ccc(F)cc3Cl)C[C@H]2C1)N1CC2(CC(n3cnc(C4CC4)c3)C2)C1. The number of carbonyl (C=O) groups is 1. The van der Waals surface area contributed by atoms with Gasteiger partial charge < -0.3 is 19.1 Å². The Morgan fingerprint density at radius 3 is 2.53 bits per heavy atom. The fourth-order valence-electron chi connectivity index (χ4n) is 6.90. The number of carbonyl (C=O) groups excluding carboxylic acids is 1. The lowest BCUT2D eigenvalue weighted by molar-refractivity contribution is -0.0706. The normalized spacial score (nSPS) is 29.8. The van der Waals surface area contributed by atoms with E-state index in [1.807, 2.05) is 11.2 Å². The van der Waals surface area contributed by atoms with Crippen LogP contribution < -0.4 is 4.74 Å². The number of imidazole rings is 1. The van der Waals surface area contributed by atoms with Gasteiger partial charge in [0.05, 0.1) is 23.1 Å². The first-order valence-electron chi connectivity index (χ1n) is 12.6. The highest BCUT2D eigenvalue weighted by Crippen LogP contribution is 2.55. The average Bonchev–Trinajstić information content (AvgIpc) is 3.17. The first-order chi connectivity index (χ1) is 16.4. The molecule has 2 aromatic rings. The Hall–Kier alpha value is -2.28. The molecular formula is C26H30ClFN4O2. The number of ether oxygens (including phenoxy) is 1. The highest BCUT2D eigenvalue weighted by atomic mass is 35.5. The Bertz CT molecular complexity index is 1110. The molecular weight excluding hydrogens is 455 g/mol. The molecule has 1 aromatic carbocycles. The van der Waals surface area contributed by atoms with Crippen molar-refractivity contribution < 1.29 is 13.9 Å². The Morgan fingerprint density at radius 1 is 1.12 bits per heavy atom. The number of urea groups is 1. The first kappa shape index (κ1) is 21.0. The van der Waals surface area contributed by atoms with E-state index in [1.54, 1.807) is 6.07 Å². The minimum atomic E-state index is -0.357. The van der Waals surface area contributed by atoms with Gasteiger partial charge in [-0.15, -0.1) is 0 Å². The number of hydrogen-bond donors (Lipinski definition) is 0. The van der Waals surface area contributed by atoms with E-state index in [1.165, 1.54) is 30.7 Å². The third kappa shape index (κ3) is 3.58. The number of likely N-dealkylation sites (tertiary alicyclic amines) is 2. The molecule has 5 fully saturated rings. The van der Waals surface area contributed by atoms with Gasteiger partial charge in [0.2, 0.25) is 0 Å². The summed E-state index contributed by atoms with van der Waals surface area (Å²) >= 11 is 6.12. The van der Waals surface area contributed by atoms with Crippen molar-refractivity contribution >= 4 is 17.6 Å². The molecule has 3 aliphatic carbocycles. The summed E-state index contributed by atoms with van der Waals surface area (Å²) in [5.74, 6) is 1.83. The minimum absolute atomic E-state index is 0.0815. The molecule has 0 bridgehead atoms. The van der Waals surface area contributed by atoms with E-state index in [4.69, 9.17) is 16.3 Å². The molecule has 1 unspecified atom stereocenters. The predicted molar refractivity (Wildman–Crippen MR) is 125 cm³/mol. The zero-order valence-corrected chi connectivity index (χ0v) is 20.0. The molecule has 180 valence electrons. The lowest BCUT2D eigenvalue weighted by atomic mass is 9.60. The zero-order valence-electron chi connectivity index (χ0n) is 19.2. The first-order valence-corrected chi connectivity index (χ1v) is 13.0. The number of benzene rings is 1. The lowest BCUT2D eigenvalue weighted by Gasteiger charge is -2.59. The maximum Gasteiger partial charge on any atom is 0.320 e. The van der Waals surface area contributed by atoms with Crippen LogP contribution in [0, 0.1) is 23.1 Å². The molecule has 5 aliphatic rings. The average molecular weight is 485 g/mol. The second kappa shape index (κ2) is 7.61. The van der Waals surface area contributed by atoms with Crippen LogP contribution in [-0.4, -0.2) is 57.7 Å². The van der Waals surface area contributed by atoms with Crippen LogP contribution in [0.25, 0.3) is 0 Å². The van der Waals surface area contributed by atoms with Gasteiger partial charge in [-0.2, -0.15) is 0 Å². The molecule has 34 heavy (non-hydrogen) atoms. The van der Waals surface area contributed by atoms with E-state index < -0.39 is 0 Å². The molecule has 2 aliphatic heterocycles. The molecule has 2 saturated heterocycles. The molecule has 1 spiro atoms. The van der Waals surface area contributed by atoms with Gasteiger partial charge in [0.15, 0.2) is 0 Å². The molecule has 0 N–H and O–H groups in total. The van der Waals surface area contributed by atoms with Gasteiger partial charge in [0.25, 0.3) is 0 Å². The van der Waals surface area contributed by atoms with Gasteiger partial charge >= 0.3 is 6.03 Å². The second-order valence-electron chi connectivity index (χ2n) is 11.4. The summed E-state index contributed by atoms with van der Waals surface area (Å²) in [6.07, 6.45) is 11.1. The Labute approximate surface area is 204 Å². The van der Waals surface area contributed by atoms with Crippen LogP contribution in [-0.2, 0) is 0 Å². The number of hydrogen-bond acceptors (Lipinski definition) is 3. The van der Waals surface area contributed by atoms with Crippen molar-refractivity contribution in [2.75, 3.05) is 26.2 Å². The Kier molecular flexibility index (Phi) is 4.71. The van der Waals surface area contributed by atoms with Crippen molar-refractivity contribution in [3.63, 3.8) is 0 Å². The third-order valence-corrected chi connectivity index (χ3v) is 9.16. The number of nitrogens with zero attached hydrogens (tertiary/aromatic N) is 4. The second-order valence-corrected chi connectivity index (χ2v) is 11.8. The van der Waals surface area contributed by atoms with E-state index in [-0.39, 0.29) is 18.0 Å². The van der Waals surface area contributed by atoms with Gasteiger partial charge in [0.1, 0.15) is 11.6 Å². The van der Waals surface area contributed by atoms with Gasteiger partial charge in [-0.05, 0) is 68.6 Å². The van der Waals surface area contributed by atoms with Crippen LogP contribution in [0.15, 0.2) is 30.7 Å². The van der Waals surface area contributed by atoms with Crippen molar-refractivity contribution in [2.45, 2.75) is 56.6 Å². The summed E-state index contributed by atoms with van der Waals surface area (Å²) in [5, 5.41) is 0.315. The Balaban J connectivity index is 0.884. The standard InChI is InChI=1S/C26H30ClFN4O2/c27-22-7-19(28)3-4-24(22)34-21-5-17-10-30(11-18(17)6-21)25(33)32-13-26(14-32)8-20(9-26)31-12-23(29-15-31)16-1-2-16/h3-4,7,12,15-18,20-21H,1-2,5-6,8-11,13-14H2/t17-,18+,21?. The number of amides is 2. The van der Waals surface area contributed by atoms with Gasteiger partial charge in [-0.25, -0.2) is 14.2 Å². The van der Waals surface area contributed by atoms with Crippen LogP contribution in [0.4, 0.5) is 9.18 Å². The van der Waals surface area contributed by atoms with Gasteiger partial charge in [-0.3, -0.25) is 0 Å². The molecule has 0 radical (unpaired) electrons. The van der Waals surface area contributed by atoms with Crippen molar-refractivity contribution in [3.8, 4) is 5.75 Å². The molecule has 2 amide bonds. The van der Waals surface area contributed by atoms with Crippen LogP contribution in [0.1, 0.15) is 56.2 Å². The summed E-state index contributed by atoms with van der Waals surface area (Å²) in [6.45, 7) is 3.41. The number of aromatic nitrogens is 2. The van der Waals surface area contributed by atoms with E-state index >= 15 is 0 Å². The lowest BCUT2D eigenvalue weighted by Crippen LogP contribution is -2.65. The topological polar surface area (TPSA) is 50.6 Å². The molecule has 6 nitrogen and oxygen atoms in total. The molecule has 8 heteroatoms. The molecule has 1 aromatic heterocycles. The zero-order chi connectivity index (χ0) is 23.0. The van der Waals surface area contributed by atoms with Crippen LogP contribution in [0.5, 0.6) is 5.75 Å². The molecule has 3 atom stereocenters. The van der Waals surface area contributed by atoms with Crippen molar-refractivity contribution in [3.05, 3.63) is 47.3 Å². The largest absolute Gasteiger partial charge is 0.489 e. The molecule has 7 rings (SSSR count). The minimum Gasteiger partial charge on any atom is -0.489 e. The van der Waals surface area contributed by atoms with Crippen LogP contribution in [0.3, 0.4) is 0 Å². The van der Waals surface area contributed by atoms with Crippen molar-refractivity contribution in [1.82, 2.24) is 19.4 Å². The van der Waals surface area contributed by atoms with E-state index in [0.29, 0.717) is 40.0 Å². The molecule has 3 heterocycles. The van der Waals surface area contributed by atoms with E-state index in [9.17, 15) is 9.18 Å². The van der Waals surface area contributed by atoms with Crippen molar-refractivity contribution in [1.29, 1.82) is 0 Å². The quantitative estimate of drug-likeness (QED) is 0.606. The number of fused-ring (bicyclic) bond motifs is 1. The fraction of sp³-hybridized carbons (Fsp3) is 0.615. The van der Waals surface area contributed by atoms with E-state index in [0.717, 1.165) is 51.9 Å². The number of rotatable bonds is 4. The van der Waals surface area contributed by atoms with Crippen LogP contribution >= 0.6 is 11.6 Å².